The number of rotatable bonds is 4. The van der Waals surface area contributed by atoms with Crippen molar-refractivity contribution in [2.45, 2.75) is 25.6 Å². The highest BCUT2D eigenvalue weighted by Gasteiger charge is 2.18. The van der Waals surface area contributed by atoms with Crippen molar-refractivity contribution >= 4 is 17.6 Å². The molecule has 0 amide bonds. The lowest BCUT2D eigenvalue weighted by molar-refractivity contribution is -0.142. The van der Waals surface area contributed by atoms with Gasteiger partial charge in [0.2, 0.25) is 0 Å². The lowest BCUT2D eigenvalue weighted by atomic mass is 10.1. The number of carbonyl (C=O) groups excluding carboxylic acids is 1. The van der Waals surface area contributed by atoms with Crippen LogP contribution in [-0.4, -0.2) is 27.7 Å². The summed E-state index contributed by atoms with van der Waals surface area (Å²) in [6.07, 6.45) is 2.32. The highest BCUT2D eigenvalue weighted by Crippen LogP contribution is 2.12. The van der Waals surface area contributed by atoms with Crippen LogP contribution >= 0.6 is 11.6 Å². The Kier molecular flexibility index (Phi) is 4.15. The van der Waals surface area contributed by atoms with E-state index in [2.05, 4.69) is 5.10 Å². The number of nitrogens with zero attached hydrogens (tertiary/aromatic N) is 2. The normalized spacial score (nSPS) is 12.5. The van der Waals surface area contributed by atoms with Gasteiger partial charge in [-0.1, -0.05) is 0 Å². The molecule has 0 aromatic carbocycles. The van der Waals surface area contributed by atoms with Crippen molar-refractivity contribution in [1.29, 1.82) is 0 Å². The van der Waals surface area contributed by atoms with E-state index in [1.165, 1.54) is 0 Å². The minimum absolute atomic E-state index is 0.355. The van der Waals surface area contributed by atoms with Gasteiger partial charge in [0, 0.05) is 19.7 Å². The summed E-state index contributed by atoms with van der Waals surface area (Å²) in [5.41, 5.74) is 1.87. The molecule has 84 valence electrons. The topological polar surface area (TPSA) is 44.1 Å². The van der Waals surface area contributed by atoms with Crippen LogP contribution in [-0.2, 0) is 23.0 Å². The molecule has 0 aliphatic heterocycles. The Hall–Kier alpha value is -1.03. The van der Waals surface area contributed by atoms with E-state index in [4.69, 9.17) is 16.3 Å². The fourth-order valence-electron chi connectivity index (χ4n) is 1.36. The van der Waals surface area contributed by atoms with E-state index in [1.807, 2.05) is 20.2 Å². The number of alkyl halides is 1. The molecular formula is C10H15ClN2O2. The smallest absolute Gasteiger partial charge is 0.324 e. The first-order valence-electron chi connectivity index (χ1n) is 4.84. The van der Waals surface area contributed by atoms with Crippen LogP contribution in [0.3, 0.4) is 0 Å². The van der Waals surface area contributed by atoms with Crippen LogP contribution in [0.5, 0.6) is 0 Å². The second-order valence-corrected chi connectivity index (χ2v) is 3.86. The van der Waals surface area contributed by atoms with Crippen LogP contribution in [0.1, 0.15) is 18.2 Å². The number of ether oxygens (including phenoxy) is 1. The van der Waals surface area contributed by atoms with E-state index in [-0.39, 0.29) is 5.97 Å². The van der Waals surface area contributed by atoms with Crippen molar-refractivity contribution in [1.82, 2.24) is 9.78 Å². The molecule has 0 aliphatic rings. The Balaban J connectivity index is 2.61. The van der Waals surface area contributed by atoms with Gasteiger partial charge in [0.05, 0.1) is 12.3 Å². The molecule has 1 heterocycles. The highest BCUT2D eigenvalue weighted by molar-refractivity contribution is 6.30. The molecule has 1 atom stereocenters. The summed E-state index contributed by atoms with van der Waals surface area (Å²) in [7, 11) is 1.84. The molecule has 5 heteroatoms. The first-order valence-corrected chi connectivity index (χ1v) is 5.28. The Morgan fingerprint density at radius 1 is 1.73 bits per heavy atom. The van der Waals surface area contributed by atoms with Crippen LogP contribution in [0.15, 0.2) is 6.20 Å². The molecule has 1 aromatic rings. The molecule has 1 aromatic heterocycles. The molecule has 1 rings (SSSR count). The zero-order valence-corrected chi connectivity index (χ0v) is 9.91. The number of halogens is 1. The van der Waals surface area contributed by atoms with Crippen molar-refractivity contribution in [2.75, 3.05) is 6.61 Å². The average molecular weight is 231 g/mol. The summed E-state index contributed by atoms with van der Waals surface area (Å²) in [5, 5.41) is 3.54. The summed E-state index contributed by atoms with van der Waals surface area (Å²) >= 11 is 5.91. The van der Waals surface area contributed by atoms with Crippen molar-refractivity contribution in [3.05, 3.63) is 17.5 Å². The Morgan fingerprint density at radius 2 is 2.40 bits per heavy atom. The van der Waals surface area contributed by atoms with Crippen molar-refractivity contribution in [3.63, 3.8) is 0 Å². The minimum atomic E-state index is -0.632. The van der Waals surface area contributed by atoms with E-state index >= 15 is 0 Å². The van der Waals surface area contributed by atoms with Crippen molar-refractivity contribution in [3.8, 4) is 0 Å². The van der Waals surface area contributed by atoms with Crippen LogP contribution in [0.2, 0.25) is 0 Å². The molecule has 0 aliphatic carbocycles. The number of esters is 1. The maximum absolute atomic E-state index is 11.3. The monoisotopic (exact) mass is 230 g/mol. The first-order chi connectivity index (χ1) is 7.04. The summed E-state index contributed by atoms with van der Waals surface area (Å²) in [5.74, 6) is -0.373. The van der Waals surface area contributed by atoms with Gasteiger partial charge >= 0.3 is 5.97 Å². The maximum Gasteiger partial charge on any atom is 0.324 e. The van der Waals surface area contributed by atoms with Gasteiger partial charge in [0.15, 0.2) is 0 Å². The summed E-state index contributed by atoms with van der Waals surface area (Å²) in [6, 6.07) is 0. The molecule has 0 saturated carbocycles. The standard InChI is InChI=1S/C10H15ClN2O2/c1-4-15-10(14)9(11)5-8-6-13(3)12-7(8)2/h6,9H,4-5H2,1-3H3. The third kappa shape index (κ3) is 3.23. The van der Waals surface area contributed by atoms with Crippen LogP contribution < -0.4 is 0 Å². The number of aryl methyl sites for hydroxylation is 2. The Bertz CT molecular complexity index is 349. The second kappa shape index (κ2) is 5.16. The van der Waals surface area contributed by atoms with Gasteiger partial charge in [0.1, 0.15) is 5.38 Å². The number of hydrogen-bond acceptors (Lipinski definition) is 3. The summed E-state index contributed by atoms with van der Waals surface area (Å²) < 4.78 is 6.53. The van der Waals surface area contributed by atoms with Crippen LogP contribution in [0, 0.1) is 6.92 Å². The number of aromatic nitrogens is 2. The SMILES string of the molecule is CCOC(=O)C(Cl)Cc1cn(C)nc1C. The van der Waals surface area contributed by atoms with Gasteiger partial charge < -0.3 is 4.74 Å². The van der Waals surface area contributed by atoms with Gasteiger partial charge in [-0.05, 0) is 19.4 Å². The zero-order chi connectivity index (χ0) is 11.4. The lowest BCUT2D eigenvalue weighted by Gasteiger charge is -2.07. The zero-order valence-electron chi connectivity index (χ0n) is 9.16. The van der Waals surface area contributed by atoms with Gasteiger partial charge in [0.25, 0.3) is 0 Å². The molecule has 0 bridgehead atoms. The molecule has 4 nitrogen and oxygen atoms in total. The molecule has 0 fully saturated rings. The predicted octanol–water partition coefficient (Wildman–Crippen LogP) is 1.44. The van der Waals surface area contributed by atoms with Crippen molar-refractivity contribution in [2.24, 2.45) is 7.05 Å². The molecule has 0 radical (unpaired) electrons. The largest absolute Gasteiger partial charge is 0.465 e. The maximum atomic E-state index is 11.3. The van der Waals surface area contributed by atoms with E-state index in [0.29, 0.717) is 13.0 Å². The summed E-state index contributed by atoms with van der Waals surface area (Å²) in [6.45, 7) is 4.01. The molecule has 1 unspecified atom stereocenters. The number of hydrogen-bond donors (Lipinski definition) is 0. The third-order valence-electron chi connectivity index (χ3n) is 2.06. The molecule has 15 heavy (non-hydrogen) atoms. The average Bonchev–Trinajstić information content (AvgIpc) is 2.45. The Labute approximate surface area is 94.2 Å². The third-order valence-corrected chi connectivity index (χ3v) is 2.39. The van der Waals surface area contributed by atoms with Gasteiger partial charge in [-0.3, -0.25) is 9.48 Å². The van der Waals surface area contributed by atoms with Gasteiger partial charge in [-0.15, -0.1) is 11.6 Å². The van der Waals surface area contributed by atoms with E-state index < -0.39 is 5.38 Å². The molecule has 0 N–H and O–H groups in total. The van der Waals surface area contributed by atoms with Crippen molar-refractivity contribution < 1.29 is 9.53 Å². The predicted molar refractivity (Wildman–Crippen MR) is 57.9 cm³/mol. The minimum Gasteiger partial charge on any atom is -0.465 e. The fourth-order valence-corrected chi connectivity index (χ4v) is 1.59. The van der Waals surface area contributed by atoms with Crippen LogP contribution in [0.25, 0.3) is 0 Å². The molecular weight excluding hydrogens is 216 g/mol. The van der Waals surface area contributed by atoms with Gasteiger partial charge in [-0.25, -0.2) is 0 Å². The second-order valence-electron chi connectivity index (χ2n) is 3.34. The quantitative estimate of drug-likeness (QED) is 0.581. The highest BCUT2D eigenvalue weighted by atomic mass is 35.5. The molecule has 0 saturated heterocycles. The summed E-state index contributed by atoms with van der Waals surface area (Å²) in [4.78, 5) is 11.3. The van der Waals surface area contributed by atoms with Gasteiger partial charge in [-0.2, -0.15) is 5.10 Å². The van der Waals surface area contributed by atoms with E-state index in [1.54, 1.807) is 11.6 Å². The molecule has 0 spiro atoms. The first kappa shape index (κ1) is 12.0. The van der Waals surface area contributed by atoms with E-state index in [9.17, 15) is 4.79 Å². The lowest BCUT2D eigenvalue weighted by Crippen LogP contribution is -2.20. The van der Waals surface area contributed by atoms with Crippen LogP contribution in [0.4, 0.5) is 0 Å². The fraction of sp³-hybridized carbons (Fsp3) is 0.600. The Morgan fingerprint density at radius 3 is 2.87 bits per heavy atom. The van der Waals surface area contributed by atoms with E-state index in [0.717, 1.165) is 11.3 Å². The number of carbonyl (C=O) groups is 1.